The van der Waals surface area contributed by atoms with Crippen molar-refractivity contribution in [2.45, 2.75) is 13.8 Å². The maximum absolute atomic E-state index is 12.4. The quantitative estimate of drug-likeness (QED) is 0.437. The van der Waals surface area contributed by atoms with Gasteiger partial charge >= 0.3 is 0 Å². The molecule has 0 spiro atoms. The van der Waals surface area contributed by atoms with E-state index in [2.05, 4.69) is 10.3 Å². The van der Waals surface area contributed by atoms with E-state index in [0.29, 0.717) is 38.8 Å². The van der Waals surface area contributed by atoms with Crippen LogP contribution in [0.2, 0.25) is 5.02 Å². The predicted molar refractivity (Wildman–Crippen MR) is 110 cm³/mol. The molecular formula is C22H17ClN2O3. The van der Waals surface area contributed by atoms with Crippen LogP contribution in [-0.4, -0.2) is 16.0 Å². The molecule has 2 N–H and O–H groups in total. The van der Waals surface area contributed by atoms with E-state index < -0.39 is 0 Å². The molecule has 0 radical (unpaired) electrons. The van der Waals surface area contributed by atoms with E-state index in [4.69, 9.17) is 16.0 Å². The number of halogens is 1. The molecule has 0 atom stereocenters. The van der Waals surface area contributed by atoms with E-state index in [1.54, 1.807) is 36.4 Å². The normalized spacial score (nSPS) is 11.0. The second-order valence-electron chi connectivity index (χ2n) is 6.62. The van der Waals surface area contributed by atoms with Crippen LogP contribution >= 0.6 is 11.6 Å². The molecule has 4 rings (SSSR count). The number of carbonyl (C=O) groups is 1. The van der Waals surface area contributed by atoms with Gasteiger partial charge in [0.15, 0.2) is 5.58 Å². The lowest BCUT2D eigenvalue weighted by molar-refractivity contribution is 0.102. The molecule has 28 heavy (non-hydrogen) atoms. The minimum Gasteiger partial charge on any atom is -0.507 e. The zero-order valence-electron chi connectivity index (χ0n) is 15.3. The van der Waals surface area contributed by atoms with E-state index in [1.165, 1.54) is 6.07 Å². The van der Waals surface area contributed by atoms with Crippen LogP contribution in [-0.2, 0) is 0 Å². The number of nitrogens with one attached hydrogen (secondary N) is 1. The molecule has 0 saturated carbocycles. The summed E-state index contributed by atoms with van der Waals surface area (Å²) in [6, 6.07) is 15.2. The van der Waals surface area contributed by atoms with Crippen LogP contribution in [0.1, 0.15) is 21.5 Å². The lowest BCUT2D eigenvalue weighted by atomic mass is 10.1. The summed E-state index contributed by atoms with van der Waals surface area (Å²) in [5, 5.41) is 13.6. The Morgan fingerprint density at radius 1 is 1.04 bits per heavy atom. The number of carbonyl (C=O) groups excluding carboxylic acids is 1. The number of aryl methyl sites for hydroxylation is 2. The van der Waals surface area contributed by atoms with Crippen molar-refractivity contribution in [1.29, 1.82) is 0 Å². The van der Waals surface area contributed by atoms with E-state index >= 15 is 0 Å². The van der Waals surface area contributed by atoms with Gasteiger partial charge in [-0.2, -0.15) is 0 Å². The molecule has 0 saturated heterocycles. The van der Waals surface area contributed by atoms with Gasteiger partial charge in [-0.25, -0.2) is 4.98 Å². The van der Waals surface area contributed by atoms with Crippen LogP contribution in [0.15, 0.2) is 59.0 Å². The number of oxazole rings is 1. The van der Waals surface area contributed by atoms with Gasteiger partial charge in [0, 0.05) is 16.3 Å². The number of benzene rings is 3. The van der Waals surface area contributed by atoms with Crippen molar-refractivity contribution in [2.24, 2.45) is 0 Å². The number of fused-ring (bicyclic) bond motifs is 1. The minimum atomic E-state index is -0.280. The first-order chi connectivity index (χ1) is 13.4. The van der Waals surface area contributed by atoms with Crippen molar-refractivity contribution < 1.29 is 14.3 Å². The van der Waals surface area contributed by atoms with Crippen molar-refractivity contribution in [2.75, 3.05) is 5.32 Å². The molecule has 0 aliphatic rings. The Labute approximate surface area is 166 Å². The SMILES string of the molecule is Cc1cc2nc(-c3cc(NC(=O)c4ccc(Cl)cc4)ccc3O)oc2cc1C. The topological polar surface area (TPSA) is 75.4 Å². The number of hydrogen-bond acceptors (Lipinski definition) is 4. The lowest BCUT2D eigenvalue weighted by Crippen LogP contribution is -2.11. The number of nitrogens with zero attached hydrogens (tertiary/aromatic N) is 1. The molecule has 1 aromatic heterocycles. The third kappa shape index (κ3) is 3.44. The molecule has 1 amide bonds. The van der Waals surface area contributed by atoms with E-state index in [9.17, 15) is 9.90 Å². The zero-order chi connectivity index (χ0) is 19.8. The third-order valence-corrected chi connectivity index (χ3v) is 4.85. The summed E-state index contributed by atoms with van der Waals surface area (Å²) in [5.41, 5.74) is 4.97. The largest absolute Gasteiger partial charge is 0.507 e. The first-order valence-electron chi connectivity index (χ1n) is 8.69. The minimum absolute atomic E-state index is 0.0180. The molecule has 0 aliphatic carbocycles. The van der Waals surface area contributed by atoms with Gasteiger partial charge in [0.05, 0.1) is 5.56 Å². The monoisotopic (exact) mass is 392 g/mol. The Morgan fingerprint density at radius 2 is 1.75 bits per heavy atom. The zero-order valence-corrected chi connectivity index (χ0v) is 16.0. The second-order valence-corrected chi connectivity index (χ2v) is 7.05. The highest BCUT2D eigenvalue weighted by Crippen LogP contribution is 2.34. The van der Waals surface area contributed by atoms with Crippen molar-refractivity contribution in [1.82, 2.24) is 4.98 Å². The third-order valence-electron chi connectivity index (χ3n) is 4.60. The van der Waals surface area contributed by atoms with Crippen molar-refractivity contribution in [3.8, 4) is 17.2 Å². The van der Waals surface area contributed by atoms with Gasteiger partial charge in [0.2, 0.25) is 5.89 Å². The molecule has 140 valence electrons. The molecule has 0 bridgehead atoms. The molecule has 4 aromatic rings. The maximum atomic E-state index is 12.4. The van der Waals surface area contributed by atoms with Crippen molar-refractivity contribution >= 4 is 34.3 Å². The van der Waals surface area contributed by atoms with E-state index in [0.717, 1.165) is 11.1 Å². The van der Waals surface area contributed by atoms with Gasteiger partial charge in [-0.3, -0.25) is 4.79 Å². The van der Waals surface area contributed by atoms with Gasteiger partial charge in [-0.15, -0.1) is 0 Å². The smallest absolute Gasteiger partial charge is 0.255 e. The molecule has 0 aliphatic heterocycles. The summed E-state index contributed by atoms with van der Waals surface area (Å²) in [5.74, 6) is 0.0294. The molecule has 6 heteroatoms. The number of phenolic OH excluding ortho intramolecular Hbond substituents is 1. The number of phenols is 1. The second kappa shape index (κ2) is 7.02. The number of amides is 1. The standard InChI is InChI=1S/C22H17ClN2O3/c1-12-9-18-20(10-13(12)2)28-22(25-18)17-11-16(7-8-19(17)26)24-21(27)14-3-5-15(23)6-4-14/h3-11,26H,1-2H3,(H,24,27). The molecular weight excluding hydrogens is 376 g/mol. The van der Waals surface area contributed by atoms with Crippen molar-refractivity contribution in [3.63, 3.8) is 0 Å². The number of rotatable bonds is 3. The highest BCUT2D eigenvalue weighted by molar-refractivity contribution is 6.30. The summed E-state index contributed by atoms with van der Waals surface area (Å²) in [6.45, 7) is 4.01. The summed E-state index contributed by atoms with van der Waals surface area (Å²) in [6.07, 6.45) is 0. The highest BCUT2D eigenvalue weighted by atomic mass is 35.5. The van der Waals surface area contributed by atoms with Gasteiger partial charge < -0.3 is 14.8 Å². The summed E-state index contributed by atoms with van der Waals surface area (Å²) < 4.78 is 5.83. The van der Waals surface area contributed by atoms with Crippen LogP contribution in [0.25, 0.3) is 22.6 Å². The van der Waals surface area contributed by atoms with Crippen LogP contribution in [0.4, 0.5) is 5.69 Å². The fraction of sp³-hybridized carbons (Fsp3) is 0.0909. The Balaban J connectivity index is 1.67. The molecule has 1 heterocycles. The van der Waals surface area contributed by atoms with Gasteiger partial charge in [-0.1, -0.05) is 11.6 Å². The molecule has 5 nitrogen and oxygen atoms in total. The average Bonchev–Trinajstić information content (AvgIpc) is 3.06. The Bertz CT molecular complexity index is 1160. The Morgan fingerprint density at radius 3 is 2.50 bits per heavy atom. The molecule has 3 aromatic carbocycles. The predicted octanol–water partition coefficient (Wildman–Crippen LogP) is 5.72. The van der Waals surface area contributed by atoms with Gasteiger partial charge in [0.1, 0.15) is 11.3 Å². The number of hydrogen-bond donors (Lipinski definition) is 2. The van der Waals surface area contributed by atoms with E-state index in [1.807, 2.05) is 26.0 Å². The maximum Gasteiger partial charge on any atom is 0.255 e. The summed E-state index contributed by atoms with van der Waals surface area (Å²) in [7, 11) is 0. The molecule has 0 fully saturated rings. The average molecular weight is 393 g/mol. The summed E-state index contributed by atoms with van der Waals surface area (Å²) in [4.78, 5) is 16.9. The summed E-state index contributed by atoms with van der Waals surface area (Å²) >= 11 is 5.86. The van der Waals surface area contributed by atoms with Crippen LogP contribution < -0.4 is 5.32 Å². The molecule has 0 unspecified atom stereocenters. The first kappa shape index (κ1) is 18.1. The lowest BCUT2D eigenvalue weighted by Gasteiger charge is -2.08. The number of aromatic hydroxyl groups is 1. The van der Waals surface area contributed by atoms with Crippen molar-refractivity contribution in [3.05, 3.63) is 76.3 Å². The fourth-order valence-corrected chi connectivity index (χ4v) is 3.01. The number of anilines is 1. The Kier molecular flexibility index (Phi) is 4.53. The number of aromatic nitrogens is 1. The van der Waals surface area contributed by atoms with Crippen LogP contribution in [0.3, 0.4) is 0 Å². The Hall–Kier alpha value is -3.31. The van der Waals surface area contributed by atoms with Gasteiger partial charge in [-0.05, 0) is 79.6 Å². The van der Waals surface area contributed by atoms with Crippen LogP contribution in [0.5, 0.6) is 5.75 Å². The van der Waals surface area contributed by atoms with Crippen LogP contribution in [0, 0.1) is 13.8 Å². The highest BCUT2D eigenvalue weighted by Gasteiger charge is 2.15. The fourth-order valence-electron chi connectivity index (χ4n) is 2.88. The van der Waals surface area contributed by atoms with Gasteiger partial charge in [0.25, 0.3) is 5.91 Å². The first-order valence-corrected chi connectivity index (χ1v) is 9.06. The van der Waals surface area contributed by atoms with E-state index in [-0.39, 0.29) is 11.7 Å².